The van der Waals surface area contributed by atoms with Crippen LogP contribution in [0.2, 0.25) is 0 Å². The number of carbonyl (C=O) groups is 1. The number of aliphatic hydroxyl groups is 6. The third-order valence-corrected chi connectivity index (χ3v) is 7.70. The van der Waals surface area contributed by atoms with E-state index in [-0.39, 0.29) is 0 Å². The second-order valence-corrected chi connectivity index (χ2v) is 10.3. The zero-order valence-electron chi connectivity index (χ0n) is 20.8. The van der Waals surface area contributed by atoms with E-state index in [9.17, 15) is 35.4 Å². The largest absolute Gasteiger partial charge is 0.472 e. The number of epoxide rings is 1. The Hall–Kier alpha value is -1.87. The number of aliphatic hydroxyl groups excluding tert-OH is 5. The van der Waals surface area contributed by atoms with Gasteiger partial charge in [0.05, 0.1) is 31.0 Å². The Kier molecular flexibility index (Phi) is 8.15. The van der Waals surface area contributed by atoms with Crippen molar-refractivity contribution in [1.29, 1.82) is 0 Å². The quantitative estimate of drug-likeness (QED) is 0.0846. The van der Waals surface area contributed by atoms with E-state index >= 15 is 0 Å². The highest BCUT2D eigenvalue weighted by Gasteiger charge is 2.77. The normalized spacial score (nSPS) is 44.3. The number of hydrogen-bond acceptors (Lipinski definition) is 12. The molecule has 37 heavy (non-hydrogen) atoms. The van der Waals surface area contributed by atoms with Crippen LogP contribution < -0.4 is 0 Å². The molecular formula is C25H36O12. The second kappa shape index (κ2) is 10.7. The monoisotopic (exact) mass is 528 g/mol. The third kappa shape index (κ3) is 5.22. The van der Waals surface area contributed by atoms with E-state index in [0.29, 0.717) is 18.4 Å². The van der Waals surface area contributed by atoms with Gasteiger partial charge in [0, 0.05) is 11.5 Å². The van der Waals surface area contributed by atoms with Crippen molar-refractivity contribution < 1.29 is 59.1 Å². The minimum absolute atomic E-state index is 0.351. The maximum absolute atomic E-state index is 12.8. The lowest BCUT2D eigenvalue weighted by Crippen LogP contribution is -2.60. The van der Waals surface area contributed by atoms with Crippen LogP contribution in [0, 0.1) is 11.8 Å². The van der Waals surface area contributed by atoms with Crippen LogP contribution in [0.4, 0.5) is 0 Å². The molecule has 0 aromatic heterocycles. The molecule has 6 N–H and O–H groups in total. The summed E-state index contributed by atoms with van der Waals surface area (Å²) in [5.74, 6) is -1.70. The number of ether oxygens (including phenoxy) is 5. The molecule has 4 aliphatic rings. The third-order valence-electron chi connectivity index (χ3n) is 7.70. The average molecular weight is 529 g/mol. The fraction of sp³-hybridized carbons (Fsp3) is 0.720. The topological polar surface area (TPSA) is 188 Å². The van der Waals surface area contributed by atoms with Crippen LogP contribution in [0.5, 0.6) is 0 Å². The van der Waals surface area contributed by atoms with Gasteiger partial charge in [0.25, 0.3) is 0 Å². The highest BCUT2D eigenvalue weighted by atomic mass is 16.8. The molecule has 1 saturated carbocycles. The van der Waals surface area contributed by atoms with Crippen molar-refractivity contribution in [2.75, 3.05) is 13.2 Å². The van der Waals surface area contributed by atoms with Crippen molar-refractivity contribution >= 4 is 5.97 Å². The van der Waals surface area contributed by atoms with Crippen LogP contribution in [0.3, 0.4) is 0 Å². The van der Waals surface area contributed by atoms with E-state index in [4.69, 9.17) is 23.7 Å². The molecule has 0 spiro atoms. The molecular weight excluding hydrogens is 492 g/mol. The average Bonchev–Trinajstić information content (AvgIpc) is 3.56. The minimum Gasteiger partial charge on any atom is -0.472 e. The Bertz CT molecular complexity index is 915. The van der Waals surface area contributed by atoms with Gasteiger partial charge in [-0.3, -0.25) is 0 Å². The molecule has 3 aliphatic heterocycles. The molecule has 4 rings (SSSR count). The Labute approximate surface area is 214 Å². The number of hydrogen-bond donors (Lipinski definition) is 6. The van der Waals surface area contributed by atoms with E-state index in [0.717, 1.165) is 0 Å². The second-order valence-electron chi connectivity index (χ2n) is 10.3. The summed E-state index contributed by atoms with van der Waals surface area (Å²) < 4.78 is 28.5. The summed E-state index contributed by atoms with van der Waals surface area (Å²) in [6.07, 6.45) is -3.01. The first kappa shape index (κ1) is 28.1. The standard InChI is InChI=1S/C25H36O12/c1-4-24(3,32)8-5-6-12(2)21(31)35-19-13-7-9-33-22(15(13)25(11-27)20(19)37-25)36-23-18(30)17(29)16(28)14(10-26)34-23/h4,6-7,9,13-20,22-23,26-30,32H,1,5,8,10-11H2,2-3H3. The first-order chi connectivity index (χ1) is 17.5. The zero-order valence-corrected chi connectivity index (χ0v) is 20.8. The lowest BCUT2D eigenvalue weighted by molar-refractivity contribution is -0.344. The van der Waals surface area contributed by atoms with Gasteiger partial charge < -0.3 is 54.3 Å². The van der Waals surface area contributed by atoms with Crippen molar-refractivity contribution in [3.8, 4) is 0 Å². The first-order valence-electron chi connectivity index (χ1n) is 12.3. The molecule has 0 aromatic rings. The van der Waals surface area contributed by atoms with Gasteiger partial charge in [-0.15, -0.1) is 6.58 Å². The fourth-order valence-corrected chi connectivity index (χ4v) is 5.27. The summed E-state index contributed by atoms with van der Waals surface area (Å²) in [5.41, 5.74) is -1.83. The molecule has 3 heterocycles. The van der Waals surface area contributed by atoms with Crippen molar-refractivity contribution in [1.82, 2.24) is 0 Å². The zero-order chi connectivity index (χ0) is 27.1. The molecule has 0 amide bonds. The van der Waals surface area contributed by atoms with Gasteiger partial charge in [-0.2, -0.15) is 0 Å². The smallest absolute Gasteiger partial charge is 0.333 e. The Morgan fingerprint density at radius 2 is 1.92 bits per heavy atom. The molecule has 0 aromatic carbocycles. The van der Waals surface area contributed by atoms with Crippen LogP contribution in [-0.2, 0) is 28.5 Å². The molecule has 12 atom stereocenters. The summed E-state index contributed by atoms with van der Waals surface area (Å²) in [5, 5.41) is 60.1. The minimum atomic E-state index is -1.64. The van der Waals surface area contributed by atoms with Crippen molar-refractivity contribution in [3.05, 3.63) is 36.6 Å². The Balaban J connectivity index is 1.46. The molecule has 3 fully saturated rings. The van der Waals surface area contributed by atoms with Gasteiger partial charge in [0.1, 0.15) is 42.2 Å². The molecule has 0 bridgehead atoms. The summed E-state index contributed by atoms with van der Waals surface area (Å²) in [7, 11) is 0. The van der Waals surface area contributed by atoms with Gasteiger partial charge in [0.15, 0.2) is 6.29 Å². The van der Waals surface area contributed by atoms with Crippen LogP contribution in [0.25, 0.3) is 0 Å². The van der Waals surface area contributed by atoms with Gasteiger partial charge in [0.2, 0.25) is 6.29 Å². The molecule has 208 valence electrons. The molecule has 12 nitrogen and oxygen atoms in total. The van der Waals surface area contributed by atoms with E-state index in [2.05, 4.69) is 6.58 Å². The number of fused-ring (bicyclic) bond motifs is 3. The van der Waals surface area contributed by atoms with E-state index in [1.807, 2.05) is 0 Å². The fourth-order valence-electron chi connectivity index (χ4n) is 5.27. The highest BCUT2D eigenvalue weighted by molar-refractivity contribution is 5.88. The van der Waals surface area contributed by atoms with Crippen LogP contribution in [0.15, 0.2) is 36.6 Å². The van der Waals surface area contributed by atoms with Gasteiger partial charge >= 0.3 is 5.97 Å². The number of allylic oxidation sites excluding steroid dienone is 1. The maximum Gasteiger partial charge on any atom is 0.333 e. The van der Waals surface area contributed by atoms with Crippen molar-refractivity contribution in [2.45, 2.75) is 87.1 Å². The van der Waals surface area contributed by atoms with Crippen molar-refractivity contribution in [3.63, 3.8) is 0 Å². The van der Waals surface area contributed by atoms with Crippen LogP contribution in [0.1, 0.15) is 26.7 Å². The predicted molar refractivity (Wildman–Crippen MR) is 124 cm³/mol. The molecule has 2 saturated heterocycles. The summed E-state index contributed by atoms with van der Waals surface area (Å²) >= 11 is 0. The Morgan fingerprint density at radius 1 is 1.19 bits per heavy atom. The summed E-state index contributed by atoms with van der Waals surface area (Å²) in [4.78, 5) is 12.8. The molecule has 12 heteroatoms. The van der Waals surface area contributed by atoms with Crippen LogP contribution >= 0.6 is 0 Å². The summed E-state index contributed by atoms with van der Waals surface area (Å²) in [6, 6.07) is 0. The van der Waals surface area contributed by atoms with Gasteiger partial charge in [-0.25, -0.2) is 4.79 Å². The Morgan fingerprint density at radius 3 is 2.57 bits per heavy atom. The number of rotatable bonds is 10. The van der Waals surface area contributed by atoms with Gasteiger partial charge in [-0.05, 0) is 32.8 Å². The van der Waals surface area contributed by atoms with E-state index in [1.54, 1.807) is 26.0 Å². The SMILES string of the molecule is C=CC(C)(O)CCC=C(C)C(=O)OC1C2C=COC(OC3OC(CO)C(O)C(O)C3O)C2C2(CO)OC12. The van der Waals surface area contributed by atoms with E-state index < -0.39 is 91.4 Å². The van der Waals surface area contributed by atoms with Crippen molar-refractivity contribution in [2.24, 2.45) is 11.8 Å². The molecule has 12 unspecified atom stereocenters. The predicted octanol–water partition coefficient (Wildman–Crippen LogP) is -1.38. The highest BCUT2D eigenvalue weighted by Crippen LogP contribution is 2.60. The molecule has 1 aliphatic carbocycles. The van der Waals surface area contributed by atoms with Crippen LogP contribution in [-0.4, -0.2) is 110 Å². The maximum atomic E-state index is 12.8. The number of esters is 1. The first-order valence-corrected chi connectivity index (χ1v) is 12.3. The van der Waals surface area contributed by atoms with Gasteiger partial charge in [-0.1, -0.05) is 12.2 Å². The van der Waals surface area contributed by atoms with E-state index in [1.165, 1.54) is 12.3 Å². The lowest BCUT2D eigenvalue weighted by Gasteiger charge is -2.43. The molecule has 0 radical (unpaired) electrons. The number of carbonyl (C=O) groups excluding carboxylic acids is 1. The lowest BCUT2D eigenvalue weighted by atomic mass is 9.85. The summed E-state index contributed by atoms with van der Waals surface area (Å²) in [6.45, 7) is 5.78.